The van der Waals surface area contributed by atoms with Gasteiger partial charge in [-0.05, 0) is 43.1 Å². The van der Waals surface area contributed by atoms with Crippen LogP contribution in [-0.2, 0) is 11.3 Å². The Bertz CT molecular complexity index is 404. The zero-order valence-electron chi connectivity index (χ0n) is 9.71. The molecule has 0 saturated carbocycles. The Kier molecular flexibility index (Phi) is 6.05. The highest BCUT2D eigenvalue weighted by molar-refractivity contribution is 9.10. The molecule has 1 aliphatic rings. The predicted octanol–water partition coefficient (Wildman–Crippen LogP) is 2.38. The lowest BCUT2D eigenvalue weighted by Gasteiger charge is -2.11. The smallest absolute Gasteiger partial charge is 0.237 e. The first-order valence-electron chi connectivity index (χ1n) is 5.61. The summed E-state index contributed by atoms with van der Waals surface area (Å²) in [6.07, 6.45) is 1.91. The molecule has 3 nitrogen and oxygen atoms in total. The normalized spacial score (nSPS) is 18.2. The van der Waals surface area contributed by atoms with Crippen molar-refractivity contribution in [2.24, 2.45) is 0 Å². The summed E-state index contributed by atoms with van der Waals surface area (Å²) in [5, 5.41) is 5.93. The van der Waals surface area contributed by atoms with Crippen LogP contribution in [0.3, 0.4) is 0 Å². The molecule has 18 heavy (non-hydrogen) atoms. The molecule has 2 rings (SSSR count). The summed E-state index contributed by atoms with van der Waals surface area (Å²) in [6, 6.07) is 4.52. The van der Waals surface area contributed by atoms with Gasteiger partial charge in [0.2, 0.25) is 5.91 Å². The lowest BCUT2D eigenvalue weighted by Crippen LogP contribution is -2.40. The molecule has 1 atom stereocenters. The van der Waals surface area contributed by atoms with Crippen LogP contribution in [0, 0.1) is 5.82 Å². The summed E-state index contributed by atoms with van der Waals surface area (Å²) in [4.78, 5) is 11.7. The van der Waals surface area contributed by atoms with Crippen molar-refractivity contribution in [1.29, 1.82) is 0 Å². The van der Waals surface area contributed by atoms with Crippen molar-refractivity contribution < 1.29 is 9.18 Å². The Hall–Kier alpha value is -0.650. The van der Waals surface area contributed by atoms with Gasteiger partial charge in [0.25, 0.3) is 0 Å². The number of rotatable bonds is 3. The monoisotopic (exact) mass is 336 g/mol. The minimum atomic E-state index is -0.303. The molecule has 100 valence electrons. The Morgan fingerprint density at radius 1 is 1.50 bits per heavy atom. The van der Waals surface area contributed by atoms with E-state index in [0.29, 0.717) is 11.0 Å². The van der Waals surface area contributed by atoms with E-state index in [1.165, 1.54) is 12.1 Å². The fourth-order valence-corrected chi connectivity index (χ4v) is 2.45. The number of carbonyl (C=O) groups excluding carboxylic acids is 1. The summed E-state index contributed by atoms with van der Waals surface area (Å²) in [7, 11) is 0. The molecular formula is C12H15BrClFN2O. The van der Waals surface area contributed by atoms with Gasteiger partial charge in [-0.1, -0.05) is 15.9 Å². The van der Waals surface area contributed by atoms with Crippen molar-refractivity contribution in [2.75, 3.05) is 6.54 Å². The van der Waals surface area contributed by atoms with Gasteiger partial charge in [-0.3, -0.25) is 4.79 Å². The molecule has 1 aromatic carbocycles. The maximum atomic E-state index is 13.1. The maximum absolute atomic E-state index is 13.1. The zero-order chi connectivity index (χ0) is 12.3. The molecule has 0 spiro atoms. The zero-order valence-corrected chi connectivity index (χ0v) is 12.1. The first-order chi connectivity index (χ1) is 8.15. The van der Waals surface area contributed by atoms with Crippen LogP contribution in [0.25, 0.3) is 0 Å². The van der Waals surface area contributed by atoms with E-state index >= 15 is 0 Å². The van der Waals surface area contributed by atoms with Gasteiger partial charge in [-0.25, -0.2) is 4.39 Å². The van der Waals surface area contributed by atoms with Gasteiger partial charge >= 0.3 is 0 Å². The lowest BCUT2D eigenvalue weighted by atomic mass is 10.2. The van der Waals surface area contributed by atoms with E-state index in [-0.39, 0.29) is 30.2 Å². The molecule has 1 amide bonds. The minimum Gasteiger partial charge on any atom is -0.351 e. The molecule has 0 aliphatic carbocycles. The first kappa shape index (κ1) is 15.4. The highest BCUT2D eigenvalue weighted by Gasteiger charge is 2.21. The van der Waals surface area contributed by atoms with Crippen LogP contribution in [0.15, 0.2) is 22.7 Å². The second kappa shape index (κ2) is 7.07. The van der Waals surface area contributed by atoms with Crippen molar-refractivity contribution >= 4 is 34.2 Å². The molecule has 1 heterocycles. The molecule has 0 aromatic heterocycles. The minimum absolute atomic E-state index is 0. The lowest BCUT2D eigenvalue weighted by molar-refractivity contribution is -0.122. The molecule has 6 heteroatoms. The third-order valence-corrected chi connectivity index (χ3v) is 3.22. The van der Waals surface area contributed by atoms with Crippen molar-refractivity contribution in [1.82, 2.24) is 10.6 Å². The number of carbonyl (C=O) groups is 1. The molecular weight excluding hydrogens is 323 g/mol. The number of nitrogens with one attached hydrogen (secondary N) is 2. The fraction of sp³-hybridized carbons (Fsp3) is 0.417. The number of hydrogen-bond acceptors (Lipinski definition) is 2. The van der Waals surface area contributed by atoms with Gasteiger partial charge in [-0.2, -0.15) is 0 Å². The maximum Gasteiger partial charge on any atom is 0.237 e. The summed E-state index contributed by atoms with van der Waals surface area (Å²) in [5.74, 6) is -0.314. The van der Waals surface area contributed by atoms with E-state index in [9.17, 15) is 9.18 Å². The SMILES string of the molecule is Cl.O=C(NCc1cc(F)cc(Br)c1)C1CCCN1. The predicted molar refractivity (Wildman–Crippen MR) is 74.2 cm³/mol. The number of amides is 1. The Morgan fingerprint density at radius 3 is 2.89 bits per heavy atom. The summed E-state index contributed by atoms with van der Waals surface area (Å²) < 4.78 is 13.8. The van der Waals surface area contributed by atoms with Crippen molar-refractivity contribution in [3.05, 3.63) is 34.1 Å². The Labute approximate surface area is 120 Å². The molecule has 0 radical (unpaired) electrons. The summed E-state index contributed by atoms with van der Waals surface area (Å²) in [6.45, 7) is 1.25. The van der Waals surface area contributed by atoms with Gasteiger partial charge in [0.15, 0.2) is 0 Å². The molecule has 1 unspecified atom stereocenters. The second-order valence-electron chi connectivity index (χ2n) is 4.14. The number of halogens is 3. The molecule has 0 bridgehead atoms. The van der Waals surface area contributed by atoms with Crippen molar-refractivity contribution in [3.63, 3.8) is 0 Å². The van der Waals surface area contributed by atoms with Crippen molar-refractivity contribution in [3.8, 4) is 0 Å². The molecule has 1 fully saturated rings. The van der Waals surface area contributed by atoms with E-state index in [0.717, 1.165) is 24.9 Å². The highest BCUT2D eigenvalue weighted by atomic mass is 79.9. The van der Waals surface area contributed by atoms with Crippen LogP contribution in [0.2, 0.25) is 0 Å². The van der Waals surface area contributed by atoms with Gasteiger partial charge in [0, 0.05) is 11.0 Å². The molecule has 1 aliphatic heterocycles. The van der Waals surface area contributed by atoms with Gasteiger partial charge < -0.3 is 10.6 Å². The summed E-state index contributed by atoms with van der Waals surface area (Å²) in [5.41, 5.74) is 0.753. The number of hydrogen-bond donors (Lipinski definition) is 2. The van der Waals surface area contributed by atoms with Crippen molar-refractivity contribution in [2.45, 2.75) is 25.4 Å². The van der Waals surface area contributed by atoms with Crippen LogP contribution < -0.4 is 10.6 Å². The van der Waals surface area contributed by atoms with E-state index in [1.54, 1.807) is 6.07 Å². The van der Waals surface area contributed by atoms with Crippen LogP contribution in [0.5, 0.6) is 0 Å². The van der Waals surface area contributed by atoms with E-state index < -0.39 is 0 Å². The molecule has 1 aromatic rings. The first-order valence-corrected chi connectivity index (χ1v) is 6.40. The average molecular weight is 338 g/mol. The van der Waals surface area contributed by atoms with Gasteiger partial charge in [0.1, 0.15) is 5.82 Å². The van der Waals surface area contributed by atoms with E-state index in [2.05, 4.69) is 26.6 Å². The quantitative estimate of drug-likeness (QED) is 0.889. The van der Waals surface area contributed by atoms with E-state index in [4.69, 9.17) is 0 Å². The van der Waals surface area contributed by atoms with Gasteiger partial charge in [0.05, 0.1) is 6.04 Å². The summed E-state index contributed by atoms with van der Waals surface area (Å²) >= 11 is 3.22. The second-order valence-corrected chi connectivity index (χ2v) is 5.06. The van der Waals surface area contributed by atoms with Crippen LogP contribution in [-0.4, -0.2) is 18.5 Å². The third-order valence-electron chi connectivity index (χ3n) is 2.77. The fourth-order valence-electron chi connectivity index (χ4n) is 1.93. The van der Waals surface area contributed by atoms with Gasteiger partial charge in [-0.15, -0.1) is 12.4 Å². The van der Waals surface area contributed by atoms with Crippen LogP contribution >= 0.6 is 28.3 Å². The van der Waals surface area contributed by atoms with Crippen LogP contribution in [0.4, 0.5) is 4.39 Å². The van der Waals surface area contributed by atoms with E-state index in [1.807, 2.05) is 0 Å². The average Bonchev–Trinajstić information content (AvgIpc) is 2.78. The third kappa shape index (κ3) is 4.23. The molecule has 1 saturated heterocycles. The number of benzene rings is 1. The topological polar surface area (TPSA) is 41.1 Å². The Balaban J connectivity index is 0.00000162. The Morgan fingerprint density at radius 2 is 2.28 bits per heavy atom. The standard InChI is InChI=1S/C12H14BrFN2O.ClH/c13-9-4-8(5-10(14)6-9)7-16-12(17)11-2-1-3-15-11;/h4-6,11,15H,1-3,7H2,(H,16,17);1H. The molecule has 2 N–H and O–H groups in total. The largest absolute Gasteiger partial charge is 0.351 e. The van der Waals surface area contributed by atoms with Crippen LogP contribution in [0.1, 0.15) is 18.4 Å². The highest BCUT2D eigenvalue weighted by Crippen LogP contribution is 2.15.